The molecule has 58 heavy (non-hydrogen) atoms. The van der Waals surface area contributed by atoms with Gasteiger partial charge in [-0.3, -0.25) is 0 Å². The van der Waals surface area contributed by atoms with E-state index in [2.05, 4.69) is 49.4 Å². The summed E-state index contributed by atoms with van der Waals surface area (Å²) in [6.45, 7) is 2.85. The van der Waals surface area contributed by atoms with Crippen molar-refractivity contribution >= 4 is 0 Å². The van der Waals surface area contributed by atoms with Crippen LogP contribution in [0.1, 0.15) is 176 Å². The Kier molecular flexibility index (Phi) is 8.74. The van der Waals surface area contributed by atoms with Crippen LogP contribution >= 0.6 is 0 Å². The molecule has 0 N–H and O–H groups in total. The van der Waals surface area contributed by atoms with Crippen LogP contribution in [0.3, 0.4) is 0 Å². The topological polar surface area (TPSA) is 0 Å². The summed E-state index contributed by atoms with van der Waals surface area (Å²) < 4.78 is 0. The van der Waals surface area contributed by atoms with E-state index in [4.69, 9.17) is 0 Å². The molecule has 13 saturated carbocycles. The Morgan fingerprint density at radius 2 is 0.897 bits per heavy atom. The van der Waals surface area contributed by atoms with Crippen molar-refractivity contribution in [3.8, 4) is 11.1 Å². The van der Waals surface area contributed by atoms with Gasteiger partial charge >= 0.3 is 26.2 Å². The van der Waals surface area contributed by atoms with Crippen molar-refractivity contribution < 1.29 is 51.0 Å². The van der Waals surface area contributed by atoms with Gasteiger partial charge in [-0.2, -0.15) is 0 Å². The molecule has 0 aromatic heterocycles. The molecule has 0 spiro atoms. The summed E-state index contributed by atoms with van der Waals surface area (Å²) >= 11 is 0. The first-order chi connectivity index (χ1) is 26.8. The number of halogens is 2. The molecular formula is C55H66Cl2Zr. The summed E-state index contributed by atoms with van der Waals surface area (Å²) in [5.41, 5.74) is 17.9. The van der Waals surface area contributed by atoms with Gasteiger partial charge in [-0.25, -0.2) is 0 Å². The van der Waals surface area contributed by atoms with Crippen molar-refractivity contribution in [3.05, 3.63) is 81.4 Å². The average Bonchev–Trinajstić information content (AvgIpc) is 3.92. The van der Waals surface area contributed by atoms with Crippen molar-refractivity contribution in [1.82, 2.24) is 0 Å². The fourth-order valence-corrected chi connectivity index (χ4v) is 21.4. The molecule has 0 aliphatic heterocycles. The Bertz CT molecular complexity index is 1940. The second kappa shape index (κ2) is 13.0. The molecule has 13 fully saturated rings. The van der Waals surface area contributed by atoms with Crippen molar-refractivity contribution in [2.24, 2.45) is 75.9 Å². The van der Waals surface area contributed by atoms with Gasteiger partial charge in [-0.1, -0.05) is 67.0 Å². The number of allylic oxidation sites excluding steroid dienone is 4. The van der Waals surface area contributed by atoms with Crippen molar-refractivity contribution in [2.45, 2.75) is 165 Å². The predicted molar refractivity (Wildman–Crippen MR) is 223 cm³/mol. The SMILES string of the molecule is CC1(C2c3ccc(C45CC6CC(CC(C6)C4)C5)cc3-c3cc(C45CC6CC(CC(C6)C4)C5)ccc32)C2=C(CC(C34CC5CC(CC(C5)C3)C4)=C2)C2CCCC21.[Cl-].[Cl-].[Zr+2]. The zero-order valence-electron chi connectivity index (χ0n) is 35.3. The van der Waals surface area contributed by atoms with Gasteiger partial charge in [-0.15, -0.1) is 0 Å². The molecule has 3 heteroatoms. The Morgan fingerprint density at radius 1 is 0.500 bits per heavy atom. The standard InChI is InChI=1S/C55H66.2ClH.Zr/c1-52(49-4-2-3-43(49)48-20-42(21-50(48)52)55-28-37-15-38(29-55)17-39(16-37)30-55)51-44-7-5-40(53-22-31-9-32(23-53)11-33(10-31)24-53)18-46(44)47-19-41(6-8-45(47)51)54-25-34-12-35(26-54)14-36(13-34)27-54;;;/h5-8,18-19,21,31-39,43,49,51H,2-4,9-17,20,22-30H2,1H3;2*1H;/q;;;+2/p-2. The van der Waals surface area contributed by atoms with Gasteiger partial charge < -0.3 is 24.8 Å². The first-order valence-corrected chi connectivity index (χ1v) is 24.6. The van der Waals surface area contributed by atoms with Crippen LogP contribution in [0.4, 0.5) is 0 Å². The summed E-state index contributed by atoms with van der Waals surface area (Å²) in [5, 5.41) is 0. The van der Waals surface area contributed by atoms with Crippen LogP contribution in [0.15, 0.2) is 59.2 Å². The summed E-state index contributed by atoms with van der Waals surface area (Å²) in [6.07, 6.45) is 36.2. The number of benzene rings is 2. The number of rotatable bonds is 4. The third-order valence-electron chi connectivity index (χ3n) is 22.0. The molecule has 304 valence electrons. The fourth-order valence-electron chi connectivity index (χ4n) is 21.4. The zero-order chi connectivity index (χ0) is 35.6. The molecule has 3 unspecified atom stereocenters. The van der Waals surface area contributed by atoms with Gasteiger partial charge in [0.25, 0.3) is 0 Å². The molecule has 0 heterocycles. The molecule has 0 amide bonds. The molecule has 2 aromatic carbocycles. The van der Waals surface area contributed by atoms with Crippen LogP contribution < -0.4 is 24.8 Å². The zero-order valence-corrected chi connectivity index (χ0v) is 39.3. The van der Waals surface area contributed by atoms with E-state index in [9.17, 15) is 0 Å². The molecule has 16 aliphatic rings. The van der Waals surface area contributed by atoms with Gasteiger partial charge in [-0.05, 0) is 255 Å². The molecule has 0 nitrogen and oxygen atoms in total. The average molecular weight is 889 g/mol. The monoisotopic (exact) mass is 886 g/mol. The fraction of sp³-hybridized carbons (Fsp3) is 0.709. The Hall–Kier alpha value is -0.617. The van der Waals surface area contributed by atoms with Crippen LogP contribution in [0.2, 0.25) is 0 Å². The Labute approximate surface area is 381 Å². The van der Waals surface area contributed by atoms with Gasteiger partial charge in [0, 0.05) is 11.3 Å². The van der Waals surface area contributed by atoms with Crippen molar-refractivity contribution in [1.29, 1.82) is 0 Å². The smallest absolute Gasteiger partial charge is 1.00 e. The minimum absolute atomic E-state index is 0. The molecule has 2 aromatic rings. The van der Waals surface area contributed by atoms with Crippen LogP contribution in [-0.2, 0) is 37.0 Å². The molecule has 16 aliphatic carbocycles. The van der Waals surface area contributed by atoms with Gasteiger partial charge in [0.2, 0.25) is 0 Å². The summed E-state index contributed by atoms with van der Waals surface area (Å²) in [5.74, 6) is 11.3. The normalized spacial score (nSPS) is 49.6. The third-order valence-corrected chi connectivity index (χ3v) is 22.0. The van der Waals surface area contributed by atoms with Gasteiger partial charge in [0.05, 0.1) is 0 Å². The quantitative estimate of drug-likeness (QED) is 0.292. The van der Waals surface area contributed by atoms with E-state index in [0.29, 0.717) is 22.2 Å². The molecular weight excluding hydrogens is 823 g/mol. The van der Waals surface area contributed by atoms with Crippen LogP contribution in [-0.4, -0.2) is 0 Å². The number of fused-ring (bicyclic) bond motifs is 5. The minimum Gasteiger partial charge on any atom is -1.00 e. The van der Waals surface area contributed by atoms with Crippen LogP contribution in [0.25, 0.3) is 11.1 Å². The predicted octanol–water partition coefficient (Wildman–Crippen LogP) is 8.02. The summed E-state index contributed by atoms with van der Waals surface area (Å²) in [7, 11) is 0. The largest absolute Gasteiger partial charge is 2.00 e. The summed E-state index contributed by atoms with van der Waals surface area (Å²) in [4.78, 5) is 0. The molecule has 3 atom stereocenters. The van der Waals surface area contributed by atoms with Crippen LogP contribution in [0.5, 0.6) is 0 Å². The van der Waals surface area contributed by atoms with E-state index in [1.165, 1.54) is 83.5 Å². The number of hydrogen-bond acceptors (Lipinski definition) is 0. The van der Waals surface area contributed by atoms with E-state index in [1.54, 1.807) is 91.2 Å². The first-order valence-electron chi connectivity index (χ1n) is 24.6. The van der Waals surface area contributed by atoms with E-state index in [0.717, 1.165) is 65.1 Å². The second-order valence-corrected chi connectivity index (χ2v) is 24.8. The molecule has 0 saturated heterocycles. The summed E-state index contributed by atoms with van der Waals surface area (Å²) in [6, 6.07) is 16.8. The van der Waals surface area contributed by atoms with Crippen LogP contribution in [0, 0.1) is 75.9 Å². The maximum atomic E-state index is 2.98. The van der Waals surface area contributed by atoms with Crippen molar-refractivity contribution in [3.63, 3.8) is 0 Å². The molecule has 12 bridgehead atoms. The maximum absolute atomic E-state index is 2.98. The maximum Gasteiger partial charge on any atom is 2.00 e. The van der Waals surface area contributed by atoms with Gasteiger partial charge in [0.1, 0.15) is 0 Å². The Morgan fingerprint density at radius 3 is 1.31 bits per heavy atom. The van der Waals surface area contributed by atoms with Gasteiger partial charge in [0.15, 0.2) is 0 Å². The second-order valence-electron chi connectivity index (χ2n) is 24.8. The van der Waals surface area contributed by atoms with E-state index in [-0.39, 0.29) is 56.4 Å². The molecule has 0 radical (unpaired) electrons. The van der Waals surface area contributed by atoms with E-state index < -0.39 is 0 Å². The Balaban J connectivity index is 0.00000122. The number of hydrogen-bond donors (Lipinski definition) is 0. The van der Waals surface area contributed by atoms with Crippen molar-refractivity contribution in [2.75, 3.05) is 0 Å². The molecule has 18 rings (SSSR count). The first kappa shape index (κ1) is 39.0. The van der Waals surface area contributed by atoms with E-state index >= 15 is 0 Å². The minimum atomic E-state index is 0. The third kappa shape index (κ3) is 5.03. The van der Waals surface area contributed by atoms with E-state index in [1.807, 2.05) is 16.7 Å².